The number of aliphatic carboxylic acids is 1. The number of carboxylic acids is 1. The van der Waals surface area contributed by atoms with Gasteiger partial charge in [0.15, 0.2) is 0 Å². The van der Waals surface area contributed by atoms with E-state index in [4.69, 9.17) is 5.11 Å². The van der Waals surface area contributed by atoms with Crippen molar-refractivity contribution >= 4 is 12.0 Å². The SMILES string of the molecule is Cc1c(/C=C/C(=O)O)cnn1-c1ccc(C(C)C)cc1. The lowest BCUT2D eigenvalue weighted by Crippen LogP contribution is -1.99. The Morgan fingerprint density at radius 1 is 1.30 bits per heavy atom. The lowest BCUT2D eigenvalue weighted by Gasteiger charge is -2.08. The molecule has 1 aromatic carbocycles. The summed E-state index contributed by atoms with van der Waals surface area (Å²) in [4.78, 5) is 10.5. The predicted molar refractivity (Wildman–Crippen MR) is 79.1 cm³/mol. The Morgan fingerprint density at radius 3 is 2.50 bits per heavy atom. The summed E-state index contributed by atoms with van der Waals surface area (Å²) in [5.41, 5.74) is 3.98. The smallest absolute Gasteiger partial charge is 0.328 e. The van der Waals surface area contributed by atoms with E-state index < -0.39 is 5.97 Å². The molecule has 1 N–H and O–H groups in total. The van der Waals surface area contributed by atoms with Gasteiger partial charge in [0.25, 0.3) is 0 Å². The van der Waals surface area contributed by atoms with Crippen LogP contribution in [0, 0.1) is 6.92 Å². The normalized spacial score (nSPS) is 11.4. The van der Waals surface area contributed by atoms with E-state index in [1.165, 1.54) is 5.56 Å². The zero-order chi connectivity index (χ0) is 14.7. The summed E-state index contributed by atoms with van der Waals surface area (Å²) in [7, 11) is 0. The van der Waals surface area contributed by atoms with Gasteiger partial charge in [0.2, 0.25) is 0 Å². The number of benzene rings is 1. The number of carboxylic acid groups (broad SMARTS) is 1. The first-order valence-corrected chi connectivity index (χ1v) is 6.55. The van der Waals surface area contributed by atoms with Crippen molar-refractivity contribution in [2.24, 2.45) is 0 Å². The lowest BCUT2D eigenvalue weighted by molar-refractivity contribution is -0.131. The van der Waals surface area contributed by atoms with Crippen molar-refractivity contribution in [3.8, 4) is 5.69 Å². The van der Waals surface area contributed by atoms with Gasteiger partial charge in [-0.2, -0.15) is 5.10 Å². The van der Waals surface area contributed by atoms with Crippen molar-refractivity contribution in [3.05, 3.63) is 53.4 Å². The van der Waals surface area contributed by atoms with Crippen LogP contribution in [0.3, 0.4) is 0 Å². The summed E-state index contributed by atoms with van der Waals surface area (Å²) in [6.45, 7) is 6.23. The maximum atomic E-state index is 10.5. The van der Waals surface area contributed by atoms with Gasteiger partial charge in [-0.1, -0.05) is 26.0 Å². The Labute approximate surface area is 118 Å². The van der Waals surface area contributed by atoms with E-state index in [0.717, 1.165) is 23.0 Å². The largest absolute Gasteiger partial charge is 0.478 e. The molecule has 0 aliphatic rings. The highest BCUT2D eigenvalue weighted by molar-refractivity contribution is 5.85. The van der Waals surface area contributed by atoms with Crippen LogP contribution in [0.15, 0.2) is 36.5 Å². The number of hydrogen-bond acceptors (Lipinski definition) is 2. The lowest BCUT2D eigenvalue weighted by atomic mass is 10.0. The molecular weight excluding hydrogens is 252 g/mol. The van der Waals surface area contributed by atoms with Gasteiger partial charge in [0.05, 0.1) is 11.9 Å². The molecule has 1 aromatic heterocycles. The third-order valence-electron chi connectivity index (χ3n) is 3.26. The van der Waals surface area contributed by atoms with Crippen molar-refractivity contribution in [3.63, 3.8) is 0 Å². The predicted octanol–water partition coefficient (Wildman–Crippen LogP) is 3.40. The van der Waals surface area contributed by atoms with Crippen LogP contribution in [0.4, 0.5) is 0 Å². The molecule has 2 rings (SSSR count). The molecular formula is C16H18N2O2. The molecule has 104 valence electrons. The van der Waals surface area contributed by atoms with Gasteiger partial charge in [0.1, 0.15) is 0 Å². The van der Waals surface area contributed by atoms with Gasteiger partial charge in [-0.3, -0.25) is 0 Å². The molecule has 0 bridgehead atoms. The fraction of sp³-hybridized carbons (Fsp3) is 0.250. The monoisotopic (exact) mass is 270 g/mol. The molecule has 0 aliphatic carbocycles. The third kappa shape index (κ3) is 2.96. The molecule has 0 spiro atoms. The van der Waals surface area contributed by atoms with Gasteiger partial charge in [-0.15, -0.1) is 0 Å². The summed E-state index contributed by atoms with van der Waals surface area (Å²) >= 11 is 0. The quantitative estimate of drug-likeness (QED) is 0.866. The average Bonchev–Trinajstić information content (AvgIpc) is 2.78. The topological polar surface area (TPSA) is 55.1 Å². The van der Waals surface area contributed by atoms with E-state index in [2.05, 4.69) is 31.1 Å². The molecule has 2 aromatic rings. The van der Waals surface area contributed by atoms with Crippen molar-refractivity contribution in [1.29, 1.82) is 0 Å². The first kappa shape index (κ1) is 14.1. The molecule has 0 saturated heterocycles. The van der Waals surface area contributed by atoms with Gasteiger partial charge >= 0.3 is 5.97 Å². The highest BCUT2D eigenvalue weighted by Crippen LogP contribution is 2.19. The standard InChI is InChI=1S/C16H18N2O2/c1-11(2)13-4-7-15(8-5-13)18-12(3)14(10-17-18)6-9-16(19)20/h4-11H,1-3H3,(H,19,20)/b9-6+. The van der Waals surface area contributed by atoms with Gasteiger partial charge < -0.3 is 5.11 Å². The van der Waals surface area contributed by atoms with Gasteiger partial charge in [-0.05, 0) is 36.6 Å². The number of rotatable bonds is 4. The number of nitrogens with zero attached hydrogens (tertiary/aromatic N) is 2. The summed E-state index contributed by atoms with van der Waals surface area (Å²) in [5, 5.41) is 13.0. The Balaban J connectivity index is 2.32. The number of carbonyl (C=O) groups is 1. The van der Waals surface area contributed by atoms with E-state index in [-0.39, 0.29) is 0 Å². The molecule has 4 heteroatoms. The zero-order valence-corrected chi connectivity index (χ0v) is 11.9. The molecule has 0 aliphatic heterocycles. The maximum Gasteiger partial charge on any atom is 0.328 e. The Bertz CT molecular complexity index is 637. The van der Waals surface area contributed by atoms with Crippen LogP contribution in [0.25, 0.3) is 11.8 Å². The van der Waals surface area contributed by atoms with Crippen molar-refractivity contribution in [2.45, 2.75) is 26.7 Å². The second kappa shape index (κ2) is 5.74. The maximum absolute atomic E-state index is 10.5. The molecule has 0 radical (unpaired) electrons. The summed E-state index contributed by atoms with van der Waals surface area (Å²) in [5.74, 6) is -0.463. The molecule has 0 fully saturated rings. The van der Waals surface area contributed by atoms with Crippen LogP contribution in [0.2, 0.25) is 0 Å². The first-order chi connectivity index (χ1) is 9.49. The van der Waals surface area contributed by atoms with Crippen LogP contribution in [-0.4, -0.2) is 20.9 Å². The molecule has 0 saturated carbocycles. The summed E-state index contributed by atoms with van der Waals surface area (Å²) in [6.07, 6.45) is 4.35. The highest BCUT2D eigenvalue weighted by Gasteiger charge is 2.07. The van der Waals surface area contributed by atoms with Crippen LogP contribution in [-0.2, 0) is 4.79 Å². The Hall–Kier alpha value is -2.36. The van der Waals surface area contributed by atoms with Crippen molar-refractivity contribution in [2.75, 3.05) is 0 Å². The number of hydrogen-bond donors (Lipinski definition) is 1. The molecule has 0 amide bonds. The minimum atomic E-state index is -0.960. The fourth-order valence-electron chi connectivity index (χ4n) is 2.01. The van der Waals surface area contributed by atoms with Gasteiger partial charge in [0, 0.05) is 17.3 Å². The Morgan fingerprint density at radius 2 is 1.95 bits per heavy atom. The molecule has 0 atom stereocenters. The van der Waals surface area contributed by atoms with Crippen LogP contribution in [0.5, 0.6) is 0 Å². The molecule has 20 heavy (non-hydrogen) atoms. The molecule has 4 nitrogen and oxygen atoms in total. The average molecular weight is 270 g/mol. The fourth-order valence-corrected chi connectivity index (χ4v) is 2.01. The third-order valence-corrected chi connectivity index (χ3v) is 3.26. The molecule has 1 heterocycles. The Kier molecular flexibility index (Phi) is 4.03. The highest BCUT2D eigenvalue weighted by atomic mass is 16.4. The minimum absolute atomic E-state index is 0.497. The van der Waals surface area contributed by atoms with E-state index in [0.29, 0.717) is 5.92 Å². The van der Waals surface area contributed by atoms with Crippen LogP contribution in [0.1, 0.15) is 36.6 Å². The minimum Gasteiger partial charge on any atom is -0.478 e. The second-order valence-corrected chi connectivity index (χ2v) is 5.01. The first-order valence-electron chi connectivity index (χ1n) is 6.55. The van der Waals surface area contributed by atoms with Crippen LogP contribution >= 0.6 is 0 Å². The van der Waals surface area contributed by atoms with E-state index >= 15 is 0 Å². The van der Waals surface area contributed by atoms with E-state index in [9.17, 15) is 4.79 Å². The second-order valence-electron chi connectivity index (χ2n) is 5.01. The van der Waals surface area contributed by atoms with Crippen molar-refractivity contribution in [1.82, 2.24) is 9.78 Å². The van der Waals surface area contributed by atoms with Gasteiger partial charge in [-0.25, -0.2) is 9.48 Å². The zero-order valence-electron chi connectivity index (χ0n) is 11.9. The van der Waals surface area contributed by atoms with Crippen molar-refractivity contribution < 1.29 is 9.90 Å². The molecule has 0 unspecified atom stereocenters. The summed E-state index contributed by atoms with van der Waals surface area (Å²) < 4.78 is 1.81. The van der Waals surface area contributed by atoms with Crippen LogP contribution < -0.4 is 0 Å². The van der Waals surface area contributed by atoms with E-state index in [1.54, 1.807) is 12.3 Å². The number of aromatic nitrogens is 2. The van der Waals surface area contributed by atoms with E-state index in [1.807, 2.05) is 23.7 Å². The summed E-state index contributed by atoms with van der Waals surface area (Å²) in [6, 6.07) is 8.24.